The van der Waals surface area contributed by atoms with Gasteiger partial charge in [-0.2, -0.15) is 0 Å². The molecule has 0 saturated carbocycles. The molecule has 0 amide bonds. The molecule has 13 heavy (non-hydrogen) atoms. The SMILES string of the molecule is CCCC(C)N1C2CCCC1CC2. The Balaban J connectivity index is 1.97. The van der Waals surface area contributed by atoms with Crippen molar-refractivity contribution in [1.82, 2.24) is 4.90 Å². The predicted molar refractivity (Wildman–Crippen MR) is 56.9 cm³/mol. The van der Waals surface area contributed by atoms with Crippen molar-refractivity contribution in [1.29, 1.82) is 0 Å². The van der Waals surface area contributed by atoms with Crippen LogP contribution in [0.3, 0.4) is 0 Å². The van der Waals surface area contributed by atoms with E-state index < -0.39 is 0 Å². The topological polar surface area (TPSA) is 3.24 Å². The van der Waals surface area contributed by atoms with Crippen LogP contribution in [-0.2, 0) is 0 Å². The molecule has 0 spiro atoms. The summed E-state index contributed by atoms with van der Waals surface area (Å²) in [4.78, 5) is 2.84. The van der Waals surface area contributed by atoms with Crippen LogP contribution in [0.2, 0.25) is 0 Å². The minimum Gasteiger partial charge on any atom is -0.295 e. The maximum Gasteiger partial charge on any atom is 0.0102 e. The van der Waals surface area contributed by atoms with Crippen molar-refractivity contribution in [3.8, 4) is 0 Å². The van der Waals surface area contributed by atoms with Crippen LogP contribution in [0.25, 0.3) is 0 Å². The van der Waals surface area contributed by atoms with Crippen LogP contribution in [0, 0.1) is 0 Å². The Bertz CT molecular complexity index is 151. The highest BCUT2D eigenvalue weighted by atomic mass is 15.2. The molecule has 0 aromatic carbocycles. The average molecular weight is 181 g/mol. The van der Waals surface area contributed by atoms with E-state index in [1.807, 2.05) is 0 Å². The van der Waals surface area contributed by atoms with Crippen LogP contribution < -0.4 is 0 Å². The first-order chi connectivity index (χ1) is 6.33. The summed E-state index contributed by atoms with van der Waals surface area (Å²) in [5.41, 5.74) is 0. The zero-order valence-electron chi connectivity index (χ0n) is 9.13. The van der Waals surface area contributed by atoms with Gasteiger partial charge >= 0.3 is 0 Å². The van der Waals surface area contributed by atoms with E-state index >= 15 is 0 Å². The lowest BCUT2D eigenvalue weighted by molar-refractivity contribution is 0.0902. The molecule has 1 heteroatoms. The first-order valence-corrected chi connectivity index (χ1v) is 6.10. The fourth-order valence-corrected chi connectivity index (χ4v) is 3.44. The molecule has 0 aromatic rings. The second-order valence-corrected chi connectivity index (χ2v) is 4.90. The summed E-state index contributed by atoms with van der Waals surface area (Å²) in [6.07, 6.45) is 10.2. The number of fused-ring (bicyclic) bond motifs is 2. The van der Waals surface area contributed by atoms with Gasteiger partial charge in [-0.25, -0.2) is 0 Å². The van der Waals surface area contributed by atoms with Gasteiger partial charge in [-0.05, 0) is 39.0 Å². The van der Waals surface area contributed by atoms with Crippen LogP contribution in [0.15, 0.2) is 0 Å². The minimum absolute atomic E-state index is 0.850. The molecule has 76 valence electrons. The molecule has 3 unspecified atom stereocenters. The highest BCUT2D eigenvalue weighted by molar-refractivity contribution is 4.93. The Morgan fingerprint density at radius 1 is 1.15 bits per heavy atom. The van der Waals surface area contributed by atoms with Crippen molar-refractivity contribution in [2.75, 3.05) is 0 Å². The van der Waals surface area contributed by atoms with Crippen molar-refractivity contribution in [2.24, 2.45) is 0 Å². The molecule has 0 aromatic heterocycles. The maximum atomic E-state index is 2.84. The third kappa shape index (κ3) is 1.76. The number of hydrogen-bond acceptors (Lipinski definition) is 1. The number of nitrogens with zero attached hydrogens (tertiary/aromatic N) is 1. The molecular weight excluding hydrogens is 158 g/mol. The standard InChI is InChI=1S/C12H23N/c1-3-5-10(2)13-11-6-4-7-12(13)9-8-11/h10-12H,3-9H2,1-2H3. The van der Waals surface area contributed by atoms with Crippen molar-refractivity contribution >= 4 is 0 Å². The minimum atomic E-state index is 0.850. The van der Waals surface area contributed by atoms with Gasteiger partial charge in [-0.1, -0.05) is 19.8 Å². The Hall–Kier alpha value is -0.0400. The van der Waals surface area contributed by atoms with Crippen molar-refractivity contribution in [3.05, 3.63) is 0 Å². The van der Waals surface area contributed by atoms with Gasteiger partial charge in [0.25, 0.3) is 0 Å². The molecule has 0 N–H and O–H groups in total. The summed E-state index contributed by atoms with van der Waals surface area (Å²) < 4.78 is 0. The lowest BCUT2D eigenvalue weighted by atomic mass is 9.99. The van der Waals surface area contributed by atoms with Crippen LogP contribution in [0.4, 0.5) is 0 Å². The molecule has 0 aliphatic carbocycles. The number of hydrogen-bond donors (Lipinski definition) is 0. The van der Waals surface area contributed by atoms with E-state index in [2.05, 4.69) is 18.7 Å². The Labute approximate surface area is 82.5 Å². The Morgan fingerprint density at radius 2 is 1.77 bits per heavy atom. The fraction of sp³-hybridized carbons (Fsp3) is 1.00. The van der Waals surface area contributed by atoms with Crippen LogP contribution in [0.5, 0.6) is 0 Å². The summed E-state index contributed by atoms with van der Waals surface area (Å²) in [6, 6.07) is 2.77. The van der Waals surface area contributed by atoms with Crippen molar-refractivity contribution in [3.63, 3.8) is 0 Å². The predicted octanol–water partition coefficient (Wildman–Crippen LogP) is 3.19. The second kappa shape index (κ2) is 4.00. The zero-order valence-corrected chi connectivity index (χ0v) is 9.13. The van der Waals surface area contributed by atoms with E-state index in [1.165, 1.54) is 44.9 Å². The van der Waals surface area contributed by atoms with Gasteiger partial charge in [0.2, 0.25) is 0 Å². The Kier molecular flexibility index (Phi) is 2.92. The molecular formula is C12H23N. The van der Waals surface area contributed by atoms with Crippen LogP contribution in [0.1, 0.15) is 58.8 Å². The summed E-state index contributed by atoms with van der Waals surface area (Å²) >= 11 is 0. The smallest absolute Gasteiger partial charge is 0.0102 e. The molecule has 2 rings (SSSR count). The van der Waals surface area contributed by atoms with Crippen molar-refractivity contribution in [2.45, 2.75) is 76.9 Å². The normalized spacial score (nSPS) is 36.5. The van der Waals surface area contributed by atoms with E-state index in [0.29, 0.717) is 0 Å². The zero-order chi connectivity index (χ0) is 9.26. The monoisotopic (exact) mass is 181 g/mol. The molecule has 2 fully saturated rings. The van der Waals surface area contributed by atoms with E-state index in [0.717, 1.165) is 18.1 Å². The first kappa shape index (κ1) is 9.51. The van der Waals surface area contributed by atoms with E-state index in [9.17, 15) is 0 Å². The maximum absolute atomic E-state index is 2.84. The third-order valence-electron chi connectivity index (χ3n) is 3.97. The molecule has 2 aliphatic rings. The van der Waals surface area contributed by atoms with Gasteiger partial charge in [0.15, 0.2) is 0 Å². The highest BCUT2D eigenvalue weighted by Gasteiger charge is 2.38. The van der Waals surface area contributed by atoms with E-state index in [4.69, 9.17) is 0 Å². The molecule has 2 bridgehead atoms. The van der Waals surface area contributed by atoms with E-state index in [1.54, 1.807) is 0 Å². The molecule has 1 nitrogen and oxygen atoms in total. The molecule has 3 atom stereocenters. The quantitative estimate of drug-likeness (QED) is 0.646. The van der Waals surface area contributed by atoms with Gasteiger partial charge in [0.1, 0.15) is 0 Å². The van der Waals surface area contributed by atoms with Crippen molar-refractivity contribution < 1.29 is 0 Å². The fourth-order valence-electron chi connectivity index (χ4n) is 3.44. The largest absolute Gasteiger partial charge is 0.295 e. The third-order valence-corrected chi connectivity index (χ3v) is 3.97. The molecule has 2 heterocycles. The summed E-state index contributed by atoms with van der Waals surface area (Å²) in [6.45, 7) is 4.74. The van der Waals surface area contributed by atoms with Crippen LogP contribution >= 0.6 is 0 Å². The van der Waals surface area contributed by atoms with Gasteiger partial charge < -0.3 is 0 Å². The summed E-state index contributed by atoms with van der Waals surface area (Å²) in [5, 5.41) is 0. The summed E-state index contributed by atoms with van der Waals surface area (Å²) in [5.74, 6) is 0. The van der Waals surface area contributed by atoms with Gasteiger partial charge in [-0.3, -0.25) is 4.90 Å². The number of rotatable bonds is 3. The summed E-state index contributed by atoms with van der Waals surface area (Å²) in [7, 11) is 0. The average Bonchev–Trinajstić information content (AvgIpc) is 2.37. The molecule has 2 aliphatic heterocycles. The molecule has 2 saturated heterocycles. The second-order valence-electron chi connectivity index (χ2n) is 4.90. The van der Waals surface area contributed by atoms with E-state index in [-0.39, 0.29) is 0 Å². The number of piperidine rings is 1. The first-order valence-electron chi connectivity index (χ1n) is 6.10. The van der Waals surface area contributed by atoms with Gasteiger partial charge in [-0.15, -0.1) is 0 Å². The lowest BCUT2D eigenvalue weighted by Gasteiger charge is -2.39. The van der Waals surface area contributed by atoms with Gasteiger partial charge in [0, 0.05) is 18.1 Å². The van der Waals surface area contributed by atoms with Gasteiger partial charge in [0.05, 0.1) is 0 Å². The Morgan fingerprint density at radius 3 is 2.31 bits per heavy atom. The highest BCUT2D eigenvalue weighted by Crippen LogP contribution is 2.37. The van der Waals surface area contributed by atoms with Crippen LogP contribution in [-0.4, -0.2) is 23.0 Å². The lowest BCUT2D eigenvalue weighted by Crippen LogP contribution is -2.45. The molecule has 0 radical (unpaired) electrons.